The van der Waals surface area contributed by atoms with Gasteiger partial charge >= 0.3 is 0 Å². The zero-order valence-electron chi connectivity index (χ0n) is 12.5. The van der Waals surface area contributed by atoms with Gasteiger partial charge in [0.15, 0.2) is 5.79 Å². The lowest BCUT2D eigenvalue weighted by molar-refractivity contribution is -0.270. The Kier molecular flexibility index (Phi) is 3.61. The maximum absolute atomic E-state index is 10.3. The van der Waals surface area contributed by atoms with Crippen molar-refractivity contribution in [3.8, 4) is 0 Å². The molecule has 0 amide bonds. The molecule has 1 saturated heterocycles. The van der Waals surface area contributed by atoms with Crippen molar-refractivity contribution in [2.24, 2.45) is 23.7 Å². The van der Waals surface area contributed by atoms with Crippen LogP contribution in [0.2, 0.25) is 0 Å². The van der Waals surface area contributed by atoms with Crippen molar-refractivity contribution in [3.05, 3.63) is 12.2 Å². The first-order chi connectivity index (χ1) is 10.2. The Morgan fingerprint density at radius 3 is 2.57 bits per heavy atom. The van der Waals surface area contributed by atoms with Crippen LogP contribution in [-0.4, -0.2) is 41.4 Å². The van der Waals surface area contributed by atoms with Crippen LogP contribution >= 0.6 is 0 Å². The number of ether oxygens (including phenoxy) is 2. The molecule has 118 valence electrons. The number of hydrogen-bond donors (Lipinski definition) is 2. The van der Waals surface area contributed by atoms with Gasteiger partial charge < -0.3 is 19.7 Å². The lowest BCUT2D eigenvalue weighted by atomic mass is 9.67. The average Bonchev–Trinajstić information content (AvgIpc) is 3.18. The van der Waals surface area contributed by atoms with E-state index in [1.165, 1.54) is 12.8 Å². The normalized spacial score (nSPS) is 43.5. The molecule has 0 radical (unpaired) electrons. The quantitative estimate of drug-likeness (QED) is 0.780. The second-order valence-electron chi connectivity index (χ2n) is 7.28. The van der Waals surface area contributed by atoms with E-state index in [0.717, 1.165) is 25.7 Å². The fourth-order valence-corrected chi connectivity index (χ4v) is 5.02. The lowest BCUT2D eigenvalue weighted by Crippen LogP contribution is -2.53. The number of rotatable bonds is 3. The standard InChI is InChI=1S/C17H26O4/c18-15(11-3-1-2-4-11)6-5-12-13-10-17(20-7-8-21-17)14(13)9-16(12)19/h5-6,11-16,18-19H,1-4,7-10H2/t12?,13-,14-,15?,16?/m0/s1. The molecule has 3 unspecified atom stereocenters. The van der Waals surface area contributed by atoms with Gasteiger partial charge in [0.1, 0.15) is 0 Å². The number of fused-ring (bicyclic) bond motifs is 2. The maximum atomic E-state index is 10.3. The Labute approximate surface area is 126 Å². The summed E-state index contributed by atoms with van der Waals surface area (Å²) in [6, 6.07) is 0. The summed E-state index contributed by atoms with van der Waals surface area (Å²) in [5.74, 6) is 0.964. The van der Waals surface area contributed by atoms with Gasteiger partial charge in [-0.25, -0.2) is 0 Å². The van der Waals surface area contributed by atoms with E-state index >= 15 is 0 Å². The zero-order chi connectivity index (χ0) is 14.4. The third kappa shape index (κ3) is 2.27. The van der Waals surface area contributed by atoms with Crippen LogP contribution in [0, 0.1) is 23.7 Å². The molecular formula is C17H26O4. The van der Waals surface area contributed by atoms with Crippen LogP contribution in [0.15, 0.2) is 12.2 Å². The summed E-state index contributed by atoms with van der Waals surface area (Å²) in [5, 5.41) is 20.6. The smallest absolute Gasteiger partial charge is 0.171 e. The molecule has 2 N–H and O–H groups in total. The van der Waals surface area contributed by atoms with Gasteiger partial charge in [-0.15, -0.1) is 0 Å². The van der Waals surface area contributed by atoms with Gasteiger partial charge in [0, 0.05) is 18.3 Å². The van der Waals surface area contributed by atoms with Crippen LogP contribution in [0.1, 0.15) is 38.5 Å². The van der Waals surface area contributed by atoms with Crippen LogP contribution in [0.25, 0.3) is 0 Å². The SMILES string of the molecule is OC(C=CC1C(O)C[C@H]2[C@H]1CC21OCCO1)C1CCCC1. The first-order valence-electron chi connectivity index (χ1n) is 8.52. The Morgan fingerprint density at radius 1 is 1.14 bits per heavy atom. The first kappa shape index (κ1) is 14.2. The summed E-state index contributed by atoms with van der Waals surface area (Å²) in [6.45, 7) is 1.36. The Morgan fingerprint density at radius 2 is 1.86 bits per heavy atom. The summed E-state index contributed by atoms with van der Waals surface area (Å²) < 4.78 is 11.6. The van der Waals surface area contributed by atoms with E-state index in [4.69, 9.17) is 9.47 Å². The topological polar surface area (TPSA) is 58.9 Å². The predicted molar refractivity (Wildman–Crippen MR) is 77.5 cm³/mol. The molecule has 0 bridgehead atoms. The summed E-state index contributed by atoms with van der Waals surface area (Å²) in [6.07, 6.45) is 9.75. The zero-order valence-corrected chi connectivity index (χ0v) is 12.5. The molecule has 0 aromatic heterocycles. The monoisotopic (exact) mass is 294 g/mol. The number of hydrogen-bond acceptors (Lipinski definition) is 4. The maximum Gasteiger partial charge on any atom is 0.171 e. The predicted octanol–water partition coefficient (Wildman–Crippen LogP) is 1.85. The van der Waals surface area contributed by atoms with Crippen molar-refractivity contribution >= 4 is 0 Å². The van der Waals surface area contributed by atoms with Crippen LogP contribution in [-0.2, 0) is 9.47 Å². The molecule has 4 heteroatoms. The van der Waals surface area contributed by atoms with Gasteiger partial charge in [-0.05, 0) is 31.1 Å². The molecule has 3 saturated carbocycles. The van der Waals surface area contributed by atoms with Crippen molar-refractivity contribution in [1.82, 2.24) is 0 Å². The fourth-order valence-electron chi connectivity index (χ4n) is 5.02. The molecule has 4 nitrogen and oxygen atoms in total. The summed E-state index contributed by atoms with van der Waals surface area (Å²) in [7, 11) is 0. The molecule has 4 fully saturated rings. The van der Waals surface area contributed by atoms with Crippen molar-refractivity contribution in [1.29, 1.82) is 0 Å². The van der Waals surface area contributed by atoms with E-state index in [-0.39, 0.29) is 18.1 Å². The molecule has 1 aliphatic heterocycles. The van der Waals surface area contributed by atoms with Gasteiger partial charge in [-0.1, -0.05) is 25.0 Å². The van der Waals surface area contributed by atoms with E-state index in [9.17, 15) is 10.2 Å². The summed E-state index contributed by atoms with van der Waals surface area (Å²) >= 11 is 0. The van der Waals surface area contributed by atoms with Gasteiger partial charge in [0.05, 0.1) is 25.4 Å². The molecule has 3 aliphatic carbocycles. The van der Waals surface area contributed by atoms with E-state index in [2.05, 4.69) is 6.08 Å². The van der Waals surface area contributed by atoms with Crippen LogP contribution < -0.4 is 0 Å². The highest BCUT2D eigenvalue weighted by molar-refractivity contribution is 5.14. The van der Waals surface area contributed by atoms with E-state index in [0.29, 0.717) is 31.0 Å². The number of aliphatic hydroxyl groups is 2. The minimum atomic E-state index is -0.391. The van der Waals surface area contributed by atoms with E-state index in [1.54, 1.807) is 0 Å². The molecule has 0 aromatic rings. The molecule has 5 atom stereocenters. The molecule has 0 aromatic carbocycles. The third-order valence-electron chi connectivity index (χ3n) is 6.23. The highest BCUT2D eigenvalue weighted by Crippen LogP contribution is 2.60. The second kappa shape index (κ2) is 5.34. The lowest BCUT2D eigenvalue weighted by Gasteiger charge is -2.49. The molecular weight excluding hydrogens is 268 g/mol. The van der Waals surface area contributed by atoms with Crippen molar-refractivity contribution in [2.45, 2.75) is 56.5 Å². The van der Waals surface area contributed by atoms with Crippen LogP contribution in [0.4, 0.5) is 0 Å². The van der Waals surface area contributed by atoms with Crippen LogP contribution in [0.3, 0.4) is 0 Å². The molecule has 4 aliphatic rings. The number of aliphatic hydroxyl groups excluding tert-OH is 2. The first-order valence-corrected chi connectivity index (χ1v) is 8.52. The van der Waals surface area contributed by atoms with Crippen molar-refractivity contribution in [3.63, 3.8) is 0 Å². The van der Waals surface area contributed by atoms with Gasteiger partial charge in [-0.2, -0.15) is 0 Å². The van der Waals surface area contributed by atoms with Crippen molar-refractivity contribution < 1.29 is 19.7 Å². The van der Waals surface area contributed by atoms with E-state index in [1.807, 2.05) is 6.08 Å². The van der Waals surface area contributed by atoms with Crippen molar-refractivity contribution in [2.75, 3.05) is 13.2 Å². The van der Waals surface area contributed by atoms with E-state index < -0.39 is 5.79 Å². The summed E-state index contributed by atoms with van der Waals surface area (Å²) in [4.78, 5) is 0. The highest BCUT2D eigenvalue weighted by Gasteiger charge is 2.64. The fraction of sp³-hybridized carbons (Fsp3) is 0.882. The summed E-state index contributed by atoms with van der Waals surface area (Å²) in [5.41, 5.74) is 0. The molecule has 1 heterocycles. The van der Waals surface area contributed by atoms with Gasteiger partial charge in [-0.3, -0.25) is 0 Å². The molecule has 4 rings (SSSR count). The Hall–Kier alpha value is -0.420. The van der Waals surface area contributed by atoms with Gasteiger partial charge in [0.2, 0.25) is 0 Å². The third-order valence-corrected chi connectivity index (χ3v) is 6.23. The molecule has 21 heavy (non-hydrogen) atoms. The highest BCUT2D eigenvalue weighted by atomic mass is 16.7. The Bertz CT molecular complexity index is 409. The minimum Gasteiger partial charge on any atom is -0.392 e. The minimum absolute atomic E-state index is 0.157. The largest absolute Gasteiger partial charge is 0.392 e. The van der Waals surface area contributed by atoms with Gasteiger partial charge in [0.25, 0.3) is 0 Å². The van der Waals surface area contributed by atoms with Crippen LogP contribution in [0.5, 0.6) is 0 Å². The Balaban J connectivity index is 1.39. The second-order valence-corrected chi connectivity index (χ2v) is 7.28. The molecule has 1 spiro atoms. The average molecular weight is 294 g/mol.